The molecule has 5 heteroatoms. The number of rotatable bonds is 4. The van der Waals surface area contributed by atoms with Crippen LogP contribution in [-0.4, -0.2) is 14.8 Å². The molecule has 0 aromatic carbocycles. The van der Waals surface area contributed by atoms with E-state index in [1.165, 1.54) is 5.56 Å². The molecule has 90 valence electrons. The van der Waals surface area contributed by atoms with Crippen LogP contribution in [0.5, 0.6) is 0 Å². The van der Waals surface area contributed by atoms with Gasteiger partial charge in [0.2, 0.25) is 0 Å². The summed E-state index contributed by atoms with van der Waals surface area (Å²) < 4.78 is 2.83. The molecule has 0 unspecified atom stereocenters. The number of aryl methyl sites for hydroxylation is 2. The number of anilines is 1. The van der Waals surface area contributed by atoms with E-state index in [1.54, 1.807) is 6.20 Å². The van der Waals surface area contributed by atoms with Crippen molar-refractivity contribution in [3.63, 3.8) is 0 Å². The maximum atomic E-state index is 4.41. The van der Waals surface area contributed by atoms with E-state index in [1.807, 2.05) is 24.0 Å². The van der Waals surface area contributed by atoms with Crippen LogP contribution in [0, 0.1) is 0 Å². The number of halogens is 1. The maximum absolute atomic E-state index is 4.41. The smallest absolute Gasteiger partial charge is 0.0671 e. The van der Waals surface area contributed by atoms with E-state index in [9.17, 15) is 0 Å². The number of hydrogen-bond acceptors (Lipinski definition) is 3. The fraction of sp³-hybridized carbons (Fsp3) is 0.333. The Hall–Kier alpha value is -1.36. The third-order valence-electron chi connectivity index (χ3n) is 2.51. The molecule has 2 aromatic rings. The van der Waals surface area contributed by atoms with Crippen LogP contribution < -0.4 is 5.32 Å². The van der Waals surface area contributed by atoms with Crippen LogP contribution in [0.3, 0.4) is 0 Å². The van der Waals surface area contributed by atoms with E-state index in [-0.39, 0.29) is 0 Å². The van der Waals surface area contributed by atoms with Crippen molar-refractivity contribution in [2.75, 3.05) is 5.32 Å². The van der Waals surface area contributed by atoms with E-state index in [2.05, 4.69) is 44.4 Å². The average Bonchev–Trinajstić information content (AvgIpc) is 2.67. The van der Waals surface area contributed by atoms with Crippen molar-refractivity contribution >= 4 is 21.6 Å². The van der Waals surface area contributed by atoms with Gasteiger partial charge in [0.25, 0.3) is 0 Å². The summed E-state index contributed by atoms with van der Waals surface area (Å²) in [6, 6.07) is 2.01. The number of nitrogens with zero attached hydrogens (tertiary/aromatic N) is 3. The van der Waals surface area contributed by atoms with Crippen LogP contribution >= 0.6 is 15.9 Å². The van der Waals surface area contributed by atoms with Gasteiger partial charge in [0.1, 0.15) is 0 Å². The highest BCUT2D eigenvalue weighted by Gasteiger charge is 2.05. The first-order chi connectivity index (χ1) is 8.19. The first-order valence-electron chi connectivity index (χ1n) is 5.55. The van der Waals surface area contributed by atoms with E-state index >= 15 is 0 Å². The van der Waals surface area contributed by atoms with Crippen molar-refractivity contribution in [3.05, 3.63) is 40.4 Å². The Kier molecular flexibility index (Phi) is 3.78. The minimum atomic E-state index is 0.773. The second kappa shape index (κ2) is 5.31. The molecule has 0 radical (unpaired) electrons. The molecule has 0 aliphatic heterocycles. The van der Waals surface area contributed by atoms with Crippen molar-refractivity contribution in [1.82, 2.24) is 14.8 Å². The van der Waals surface area contributed by atoms with Gasteiger partial charge in [-0.15, -0.1) is 0 Å². The molecule has 4 nitrogen and oxygen atoms in total. The molecule has 0 fully saturated rings. The SMILES string of the molecule is CCc1nn(C)cc1CNc1cncc(Br)c1. The fourth-order valence-electron chi connectivity index (χ4n) is 1.73. The molecule has 0 amide bonds. The molecule has 0 spiro atoms. The zero-order chi connectivity index (χ0) is 12.3. The van der Waals surface area contributed by atoms with Gasteiger partial charge in [-0.05, 0) is 28.4 Å². The van der Waals surface area contributed by atoms with Gasteiger partial charge in [0.05, 0.1) is 17.6 Å². The van der Waals surface area contributed by atoms with Crippen LogP contribution in [0.15, 0.2) is 29.1 Å². The van der Waals surface area contributed by atoms with Gasteiger partial charge in [-0.1, -0.05) is 6.92 Å². The summed E-state index contributed by atoms with van der Waals surface area (Å²) in [6.45, 7) is 2.89. The van der Waals surface area contributed by atoms with Gasteiger partial charge < -0.3 is 5.32 Å². The predicted octanol–water partition coefficient (Wildman–Crippen LogP) is 2.75. The van der Waals surface area contributed by atoms with Gasteiger partial charge in [-0.3, -0.25) is 9.67 Å². The Labute approximate surface area is 109 Å². The first kappa shape index (κ1) is 12.1. The van der Waals surface area contributed by atoms with Crippen LogP contribution in [0.4, 0.5) is 5.69 Å². The second-order valence-electron chi connectivity index (χ2n) is 3.87. The third-order valence-corrected chi connectivity index (χ3v) is 2.95. The predicted molar refractivity (Wildman–Crippen MR) is 71.8 cm³/mol. The third kappa shape index (κ3) is 3.06. The number of aromatic nitrogens is 3. The lowest BCUT2D eigenvalue weighted by Gasteiger charge is -2.05. The molecule has 2 heterocycles. The summed E-state index contributed by atoms with van der Waals surface area (Å²) >= 11 is 3.40. The molecule has 0 atom stereocenters. The molecule has 0 saturated carbocycles. The second-order valence-corrected chi connectivity index (χ2v) is 4.79. The largest absolute Gasteiger partial charge is 0.380 e. The van der Waals surface area contributed by atoms with Gasteiger partial charge >= 0.3 is 0 Å². The van der Waals surface area contributed by atoms with Crippen molar-refractivity contribution < 1.29 is 0 Å². The maximum Gasteiger partial charge on any atom is 0.0671 e. The minimum Gasteiger partial charge on any atom is -0.380 e. The molecule has 0 saturated heterocycles. The van der Waals surface area contributed by atoms with E-state index < -0.39 is 0 Å². The Bertz CT molecular complexity index is 507. The fourth-order valence-corrected chi connectivity index (χ4v) is 2.10. The molecular weight excluding hydrogens is 280 g/mol. The van der Waals surface area contributed by atoms with Gasteiger partial charge in [0, 0.05) is 36.0 Å². The Morgan fingerprint density at radius 1 is 1.41 bits per heavy atom. The topological polar surface area (TPSA) is 42.7 Å². The van der Waals surface area contributed by atoms with Crippen molar-refractivity contribution in [2.45, 2.75) is 19.9 Å². The monoisotopic (exact) mass is 294 g/mol. The van der Waals surface area contributed by atoms with Crippen LogP contribution in [0.25, 0.3) is 0 Å². The quantitative estimate of drug-likeness (QED) is 0.943. The lowest BCUT2D eigenvalue weighted by molar-refractivity contribution is 0.746. The van der Waals surface area contributed by atoms with E-state index in [0.29, 0.717) is 0 Å². The molecule has 17 heavy (non-hydrogen) atoms. The zero-order valence-electron chi connectivity index (χ0n) is 9.94. The number of hydrogen-bond donors (Lipinski definition) is 1. The molecular formula is C12H15BrN4. The highest BCUT2D eigenvalue weighted by Crippen LogP contribution is 2.15. The molecule has 2 rings (SSSR count). The normalized spacial score (nSPS) is 10.5. The lowest BCUT2D eigenvalue weighted by Crippen LogP contribution is -2.01. The summed E-state index contributed by atoms with van der Waals surface area (Å²) in [4.78, 5) is 4.11. The molecule has 0 aliphatic carbocycles. The standard InChI is InChI=1S/C12H15BrN4/c1-3-12-9(8-17(2)16-12)5-15-11-4-10(13)6-14-7-11/h4,6-8,15H,3,5H2,1-2H3. The summed E-state index contributed by atoms with van der Waals surface area (Å²) in [7, 11) is 1.95. The van der Waals surface area contributed by atoms with Crippen molar-refractivity contribution in [1.29, 1.82) is 0 Å². The Morgan fingerprint density at radius 2 is 2.24 bits per heavy atom. The highest BCUT2D eigenvalue weighted by molar-refractivity contribution is 9.10. The summed E-state index contributed by atoms with van der Waals surface area (Å²) in [5.41, 5.74) is 3.38. The van der Waals surface area contributed by atoms with Crippen molar-refractivity contribution in [2.24, 2.45) is 7.05 Å². The Balaban J connectivity index is 2.06. The van der Waals surface area contributed by atoms with Gasteiger partial charge in [0.15, 0.2) is 0 Å². The lowest BCUT2D eigenvalue weighted by atomic mass is 10.2. The Morgan fingerprint density at radius 3 is 2.94 bits per heavy atom. The molecule has 2 aromatic heterocycles. The summed E-state index contributed by atoms with van der Waals surface area (Å²) in [6.07, 6.45) is 6.59. The van der Waals surface area contributed by atoms with Gasteiger partial charge in [-0.25, -0.2) is 0 Å². The molecule has 0 aliphatic rings. The van der Waals surface area contributed by atoms with Crippen LogP contribution in [0.2, 0.25) is 0 Å². The average molecular weight is 295 g/mol. The summed E-state index contributed by atoms with van der Waals surface area (Å²) in [5.74, 6) is 0. The molecule has 1 N–H and O–H groups in total. The first-order valence-corrected chi connectivity index (χ1v) is 6.34. The van der Waals surface area contributed by atoms with Crippen LogP contribution in [-0.2, 0) is 20.0 Å². The van der Waals surface area contributed by atoms with E-state index in [0.717, 1.165) is 28.8 Å². The zero-order valence-corrected chi connectivity index (χ0v) is 11.5. The molecule has 0 bridgehead atoms. The van der Waals surface area contributed by atoms with Crippen LogP contribution in [0.1, 0.15) is 18.2 Å². The highest BCUT2D eigenvalue weighted by atomic mass is 79.9. The minimum absolute atomic E-state index is 0.773. The number of pyridine rings is 1. The number of nitrogens with one attached hydrogen (secondary N) is 1. The van der Waals surface area contributed by atoms with Gasteiger partial charge in [-0.2, -0.15) is 5.10 Å². The summed E-state index contributed by atoms with van der Waals surface area (Å²) in [5, 5.41) is 7.75. The van der Waals surface area contributed by atoms with Crippen molar-refractivity contribution in [3.8, 4) is 0 Å². The van der Waals surface area contributed by atoms with E-state index in [4.69, 9.17) is 0 Å².